The lowest BCUT2D eigenvalue weighted by Crippen LogP contribution is -2.08. The summed E-state index contributed by atoms with van der Waals surface area (Å²) in [5.74, 6) is -0.0277. The maximum Gasteiger partial charge on any atom is 0.340 e. The first-order valence-electron chi connectivity index (χ1n) is 4.60. The summed E-state index contributed by atoms with van der Waals surface area (Å²) in [5.41, 5.74) is -0.549. The van der Waals surface area contributed by atoms with Gasteiger partial charge in [0.2, 0.25) is 0 Å². The van der Waals surface area contributed by atoms with Crippen LogP contribution in [0.15, 0.2) is 17.0 Å². The number of aryl methyl sites for hydroxylation is 2. The number of phenolic OH excluding ortho intramolecular Hbond substituents is 1. The van der Waals surface area contributed by atoms with Gasteiger partial charge >= 0.3 is 7.60 Å². The van der Waals surface area contributed by atoms with Crippen LogP contribution in [0.2, 0.25) is 0 Å². The standard InChI is InChI=1S/C9H13O6PS/c1-6-3-8(4-7(2)9(6)10)17(14,15)5-16(11,12)13/h3-4,10H,5H2,1-2H3,(H2,11,12,13). The van der Waals surface area contributed by atoms with Crippen LogP contribution in [0.4, 0.5) is 0 Å². The summed E-state index contributed by atoms with van der Waals surface area (Å²) in [6, 6.07) is 2.38. The molecule has 0 bridgehead atoms. The van der Waals surface area contributed by atoms with Gasteiger partial charge in [0, 0.05) is 0 Å². The van der Waals surface area contributed by atoms with E-state index in [9.17, 15) is 18.1 Å². The molecule has 6 nitrogen and oxygen atoms in total. The van der Waals surface area contributed by atoms with E-state index >= 15 is 0 Å². The van der Waals surface area contributed by atoms with E-state index in [0.29, 0.717) is 11.1 Å². The molecule has 0 heterocycles. The largest absolute Gasteiger partial charge is 0.507 e. The Morgan fingerprint density at radius 3 is 1.94 bits per heavy atom. The number of hydrogen-bond donors (Lipinski definition) is 3. The minimum Gasteiger partial charge on any atom is -0.507 e. The molecule has 8 heteroatoms. The number of rotatable bonds is 3. The maximum atomic E-state index is 11.7. The van der Waals surface area contributed by atoms with Crippen LogP contribution < -0.4 is 0 Å². The topological polar surface area (TPSA) is 112 Å². The third-order valence-electron chi connectivity index (χ3n) is 2.16. The second-order valence-corrected chi connectivity index (χ2v) is 7.88. The second-order valence-electron chi connectivity index (χ2n) is 3.81. The summed E-state index contributed by atoms with van der Waals surface area (Å²) in [5, 5.41) is 9.48. The van der Waals surface area contributed by atoms with E-state index in [4.69, 9.17) is 9.79 Å². The van der Waals surface area contributed by atoms with Gasteiger partial charge in [-0.3, -0.25) is 4.57 Å². The monoisotopic (exact) mass is 280 g/mol. The van der Waals surface area contributed by atoms with Gasteiger partial charge in [-0.2, -0.15) is 0 Å². The molecule has 0 saturated carbocycles. The van der Waals surface area contributed by atoms with E-state index in [1.165, 1.54) is 26.0 Å². The van der Waals surface area contributed by atoms with Crippen molar-refractivity contribution in [3.05, 3.63) is 23.3 Å². The van der Waals surface area contributed by atoms with Crippen molar-refractivity contribution in [2.45, 2.75) is 18.7 Å². The highest BCUT2D eigenvalue weighted by Gasteiger charge is 2.27. The van der Waals surface area contributed by atoms with Gasteiger partial charge in [-0.05, 0) is 37.1 Å². The van der Waals surface area contributed by atoms with Crippen LogP contribution in [-0.2, 0) is 14.4 Å². The van der Waals surface area contributed by atoms with Crippen molar-refractivity contribution in [3.63, 3.8) is 0 Å². The third kappa shape index (κ3) is 3.54. The number of benzene rings is 1. The Balaban J connectivity index is 3.31. The Labute approximate surface area is 99.0 Å². The van der Waals surface area contributed by atoms with E-state index in [1.54, 1.807) is 0 Å². The molecule has 0 aliphatic rings. The summed E-state index contributed by atoms with van der Waals surface area (Å²) in [7, 11) is -8.70. The predicted octanol–water partition coefficient (Wildman–Crippen LogP) is 0.918. The molecule has 0 amide bonds. The van der Waals surface area contributed by atoms with E-state index in [0.717, 1.165) is 0 Å². The Bertz CT molecular complexity index is 562. The van der Waals surface area contributed by atoms with Gasteiger partial charge in [0.25, 0.3) is 0 Å². The highest BCUT2D eigenvalue weighted by molar-refractivity contribution is 7.97. The molecule has 1 rings (SSSR count). The molecular formula is C9H13O6PS. The molecule has 1 aromatic rings. The molecular weight excluding hydrogens is 267 g/mol. The van der Waals surface area contributed by atoms with Crippen LogP contribution >= 0.6 is 7.60 Å². The molecule has 0 fully saturated rings. The van der Waals surface area contributed by atoms with E-state index in [-0.39, 0.29) is 10.6 Å². The van der Waals surface area contributed by atoms with Crippen molar-refractivity contribution in [3.8, 4) is 5.75 Å². The van der Waals surface area contributed by atoms with Gasteiger partial charge in [-0.15, -0.1) is 0 Å². The zero-order chi connectivity index (χ0) is 13.4. The number of hydrogen-bond acceptors (Lipinski definition) is 4. The molecule has 0 radical (unpaired) electrons. The van der Waals surface area contributed by atoms with Crippen LogP contribution in [0.3, 0.4) is 0 Å². The lowest BCUT2D eigenvalue weighted by molar-refractivity contribution is 0.378. The van der Waals surface area contributed by atoms with Crippen LogP contribution in [0.1, 0.15) is 11.1 Å². The van der Waals surface area contributed by atoms with Crippen molar-refractivity contribution < 1.29 is 27.9 Å². The molecule has 0 saturated heterocycles. The summed E-state index contributed by atoms with van der Waals surface area (Å²) in [6.07, 6.45) is 0. The fourth-order valence-electron chi connectivity index (χ4n) is 1.39. The predicted molar refractivity (Wildman–Crippen MR) is 61.7 cm³/mol. The van der Waals surface area contributed by atoms with Gasteiger partial charge in [0.15, 0.2) is 15.3 Å². The number of phenols is 1. The minimum atomic E-state index is -4.65. The van der Waals surface area contributed by atoms with E-state index in [2.05, 4.69) is 0 Å². The van der Waals surface area contributed by atoms with Crippen molar-refractivity contribution in [1.82, 2.24) is 0 Å². The van der Waals surface area contributed by atoms with E-state index in [1.807, 2.05) is 0 Å². The minimum absolute atomic E-state index is 0.0277. The van der Waals surface area contributed by atoms with Gasteiger partial charge in [-0.1, -0.05) is 0 Å². The van der Waals surface area contributed by atoms with Gasteiger partial charge < -0.3 is 14.9 Å². The summed E-state index contributed by atoms with van der Waals surface area (Å²) in [6.45, 7) is 3.03. The number of aromatic hydroxyl groups is 1. The van der Waals surface area contributed by atoms with Crippen LogP contribution in [0.5, 0.6) is 5.75 Å². The quantitative estimate of drug-likeness (QED) is 0.710. The molecule has 0 aliphatic heterocycles. The zero-order valence-corrected chi connectivity index (χ0v) is 11.0. The van der Waals surface area contributed by atoms with Crippen molar-refractivity contribution in [2.24, 2.45) is 0 Å². The molecule has 3 N–H and O–H groups in total. The average molecular weight is 280 g/mol. The Morgan fingerprint density at radius 2 is 1.59 bits per heavy atom. The first kappa shape index (κ1) is 14.2. The second kappa shape index (κ2) is 4.42. The lowest BCUT2D eigenvalue weighted by Gasteiger charge is -2.09. The molecule has 1 aromatic carbocycles. The molecule has 0 atom stereocenters. The van der Waals surface area contributed by atoms with E-state index < -0.39 is 22.9 Å². The highest BCUT2D eigenvalue weighted by Crippen LogP contribution is 2.38. The first-order chi connectivity index (χ1) is 7.53. The van der Waals surface area contributed by atoms with Crippen molar-refractivity contribution in [1.29, 1.82) is 0 Å². The molecule has 0 spiro atoms. The van der Waals surface area contributed by atoms with Gasteiger partial charge in [-0.25, -0.2) is 8.42 Å². The normalized spacial score (nSPS) is 12.7. The third-order valence-corrected chi connectivity index (χ3v) is 5.82. The summed E-state index contributed by atoms with van der Waals surface area (Å²) < 4.78 is 34.1. The Morgan fingerprint density at radius 1 is 1.18 bits per heavy atom. The Hall–Kier alpha value is -0.880. The Kier molecular flexibility index (Phi) is 3.69. The maximum absolute atomic E-state index is 11.7. The van der Waals surface area contributed by atoms with Gasteiger partial charge in [0.05, 0.1) is 4.90 Å². The molecule has 0 aliphatic carbocycles. The fraction of sp³-hybridized carbons (Fsp3) is 0.333. The molecule has 17 heavy (non-hydrogen) atoms. The molecule has 0 aromatic heterocycles. The lowest BCUT2D eigenvalue weighted by atomic mass is 10.1. The highest BCUT2D eigenvalue weighted by atomic mass is 32.2. The van der Waals surface area contributed by atoms with Crippen LogP contribution in [-0.4, -0.2) is 28.8 Å². The SMILES string of the molecule is Cc1cc(S(=O)(=O)CP(=O)(O)O)cc(C)c1O. The fourth-order valence-corrected chi connectivity index (χ4v) is 4.47. The summed E-state index contributed by atoms with van der Waals surface area (Å²) >= 11 is 0. The first-order valence-corrected chi connectivity index (χ1v) is 8.05. The van der Waals surface area contributed by atoms with Crippen molar-refractivity contribution in [2.75, 3.05) is 5.49 Å². The number of sulfone groups is 1. The molecule has 96 valence electrons. The van der Waals surface area contributed by atoms with Gasteiger partial charge in [0.1, 0.15) is 5.75 Å². The average Bonchev–Trinajstić information content (AvgIpc) is 2.09. The zero-order valence-electron chi connectivity index (χ0n) is 9.28. The molecule has 0 unspecified atom stereocenters. The summed E-state index contributed by atoms with van der Waals surface area (Å²) in [4.78, 5) is 17.2. The smallest absolute Gasteiger partial charge is 0.340 e. The van der Waals surface area contributed by atoms with Crippen molar-refractivity contribution >= 4 is 17.4 Å². The van der Waals surface area contributed by atoms with Crippen LogP contribution in [0, 0.1) is 13.8 Å². The van der Waals surface area contributed by atoms with Crippen LogP contribution in [0.25, 0.3) is 0 Å².